The number of aliphatic carboxylic acids is 1. The van der Waals surface area contributed by atoms with E-state index in [2.05, 4.69) is 43.1 Å². The van der Waals surface area contributed by atoms with Gasteiger partial charge in [0.05, 0.1) is 0 Å². The zero-order valence-electron chi connectivity index (χ0n) is 40.3. The standard InChI is InChI=1S/C59H55N7O8/c1-36(46-34-61-48-19-11-9-17-45(46)48)54-58(71)65-51(30-38-20-25-41(26-21-38)40-14-6-3-7-15-40)56(69)64-52(32-42-33-60-47-18-10-8-16-44(42)47)57(70)63-50(31-39-22-27-43(28-23-39)74-35-53(67)66-54)55(68)62-49(59(72)73)29-24-37-12-4-2-5-13-37/h2-23,25-28,33-34,49-52,54,60-61H,1,24,29-32,35H2,(H,62,68)(H,63,70)(H,64,69)(H,65,71)(H,66,67)(H,72,73). The Morgan fingerprint density at radius 2 is 1.22 bits per heavy atom. The number of nitrogens with one attached hydrogen (secondary N) is 7. The second-order valence-electron chi connectivity index (χ2n) is 18.3. The van der Waals surface area contributed by atoms with Crippen molar-refractivity contribution < 1.29 is 38.6 Å². The fourth-order valence-corrected chi connectivity index (χ4v) is 9.25. The Bertz CT molecular complexity index is 3320. The number of rotatable bonds is 13. The van der Waals surface area contributed by atoms with E-state index >= 15 is 4.79 Å². The Hall–Kier alpha value is -9.24. The predicted octanol–water partition coefficient (Wildman–Crippen LogP) is 6.59. The van der Waals surface area contributed by atoms with E-state index in [1.54, 1.807) is 36.7 Å². The van der Waals surface area contributed by atoms with E-state index in [1.165, 1.54) is 0 Å². The van der Waals surface area contributed by atoms with Crippen LogP contribution in [0.2, 0.25) is 0 Å². The summed E-state index contributed by atoms with van der Waals surface area (Å²) in [6.45, 7) is 3.79. The highest BCUT2D eigenvalue weighted by atomic mass is 16.5. The van der Waals surface area contributed by atoms with Gasteiger partial charge in [-0.25, -0.2) is 4.79 Å². The van der Waals surface area contributed by atoms with Crippen LogP contribution in [-0.2, 0) is 54.5 Å². The van der Waals surface area contributed by atoms with E-state index in [-0.39, 0.29) is 31.3 Å². The van der Waals surface area contributed by atoms with E-state index in [4.69, 9.17) is 4.74 Å². The molecule has 8 N–H and O–H groups in total. The third-order valence-electron chi connectivity index (χ3n) is 13.3. The molecular formula is C59H55N7O8. The molecule has 10 rings (SSSR count). The number of amides is 5. The minimum Gasteiger partial charge on any atom is -0.484 e. The maximum absolute atomic E-state index is 15.1. The number of para-hydroxylation sites is 2. The molecule has 5 unspecified atom stereocenters. The molecule has 15 heteroatoms. The number of benzene rings is 6. The van der Waals surface area contributed by atoms with Gasteiger partial charge in [-0.1, -0.05) is 140 Å². The summed E-state index contributed by atoms with van der Waals surface area (Å²) in [6, 6.07) is 41.3. The Kier molecular flexibility index (Phi) is 15.4. The van der Waals surface area contributed by atoms with Gasteiger partial charge in [-0.15, -0.1) is 0 Å². The van der Waals surface area contributed by atoms with Gasteiger partial charge in [-0.3, -0.25) is 24.0 Å². The number of carbonyl (C=O) groups excluding carboxylic acids is 5. The van der Waals surface area contributed by atoms with Crippen molar-refractivity contribution in [2.75, 3.05) is 6.61 Å². The van der Waals surface area contributed by atoms with Gasteiger partial charge < -0.3 is 46.4 Å². The van der Waals surface area contributed by atoms with Crippen LogP contribution in [0.15, 0.2) is 177 Å². The van der Waals surface area contributed by atoms with Crippen LogP contribution in [0.1, 0.15) is 34.2 Å². The van der Waals surface area contributed by atoms with Gasteiger partial charge in [-0.05, 0) is 76.1 Å². The Morgan fingerprint density at radius 1 is 0.622 bits per heavy atom. The van der Waals surface area contributed by atoms with E-state index in [9.17, 15) is 29.1 Å². The lowest BCUT2D eigenvalue weighted by atomic mass is 9.97. The van der Waals surface area contributed by atoms with Crippen molar-refractivity contribution in [1.82, 2.24) is 36.6 Å². The second kappa shape index (κ2) is 22.9. The minimum atomic E-state index is -1.41. The first-order valence-corrected chi connectivity index (χ1v) is 24.4. The number of hydrogen-bond donors (Lipinski definition) is 8. The second-order valence-corrected chi connectivity index (χ2v) is 18.3. The van der Waals surface area contributed by atoms with Gasteiger partial charge in [0.2, 0.25) is 23.6 Å². The molecule has 74 heavy (non-hydrogen) atoms. The lowest BCUT2D eigenvalue weighted by Gasteiger charge is -2.27. The van der Waals surface area contributed by atoms with Crippen molar-refractivity contribution in [3.63, 3.8) is 0 Å². The van der Waals surface area contributed by atoms with Crippen LogP contribution < -0.4 is 31.3 Å². The maximum Gasteiger partial charge on any atom is 0.326 e. The number of carboxylic acids is 1. The topological polar surface area (TPSA) is 224 Å². The number of hydrogen-bond acceptors (Lipinski definition) is 7. The first-order valence-electron chi connectivity index (χ1n) is 24.4. The molecule has 0 saturated carbocycles. The average molecular weight is 990 g/mol. The SMILES string of the molecule is C=C(c1c[nH]c2ccccc12)C1NC(=O)COc2ccc(cc2)CC(C(=O)NC(CCc2ccccc2)C(=O)O)NC(=O)C(Cc2c[nH]c3ccccc23)NC(=O)C(Cc2ccc(-c3ccccc3)cc2)NC1=O. The molecule has 0 radical (unpaired) electrons. The third kappa shape index (κ3) is 12.1. The van der Waals surface area contributed by atoms with Gasteiger partial charge in [-0.2, -0.15) is 0 Å². The predicted molar refractivity (Wildman–Crippen MR) is 283 cm³/mol. The van der Waals surface area contributed by atoms with Crippen LogP contribution >= 0.6 is 0 Å². The normalized spacial score (nSPS) is 18.1. The summed E-state index contributed by atoms with van der Waals surface area (Å²) in [4.78, 5) is 92.2. The lowest BCUT2D eigenvalue weighted by Crippen LogP contribution is -2.60. The number of fused-ring (bicyclic) bond motifs is 18. The summed E-state index contributed by atoms with van der Waals surface area (Å²) in [6.07, 6.45) is 3.68. The van der Waals surface area contributed by atoms with Gasteiger partial charge in [0.25, 0.3) is 5.91 Å². The van der Waals surface area contributed by atoms with Gasteiger partial charge >= 0.3 is 5.97 Å². The summed E-state index contributed by atoms with van der Waals surface area (Å²) >= 11 is 0. The molecule has 0 spiro atoms. The van der Waals surface area contributed by atoms with Crippen LogP contribution in [0, 0.1) is 0 Å². The largest absolute Gasteiger partial charge is 0.484 e. The van der Waals surface area contributed by atoms with Crippen molar-refractivity contribution in [2.45, 2.75) is 62.3 Å². The summed E-state index contributed by atoms with van der Waals surface area (Å²) in [5.74, 6) is -4.61. The molecule has 2 bridgehead atoms. The van der Waals surface area contributed by atoms with E-state index in [0.29, 0.717) is 34.4 Å². The van der Waals surface area contributed by atoms with Gasteiger partial charge in [0.1, 0.15) is 36.0 Å². The molecule has 15 nitrogen and oxygen atoms in total. The summed E-state index contributed by atoms with van der Waals surface area (Å²) in [7, 11) is 0. The van der Waals surface area contributed by atoms with Crippen LogP contribution in [0.5, 0.6) is 5.75 Å². The van der Waals surface area contributed by atoms with E-state index in [1.807, 2.05) is 133 Å². The zero-order valence-corrected chi connectivity index (χ0v) is 40.3. The molecule has 0 aliphatic carbocycles. The van der Waals surface area contributed by atoms with E-state index < -0.39 is 72.3 Å². The first kappa shape index (κ1) is 49.7. The lowest BCUT2D eigenvalue weighted by molar-refractivity contribution is -0.142. The molecule has 5 amide bonds. The van der Waals surface area contributed by atoms with Crippen molar-refractivity contribution in [3.05, 3.63) is 205 Å². The fraction of sp³-hybridized carbons (Fsp3) is 0.186. The Balaban J connectivity index is 1.08. The molecular weight excluding hydrogens is 935 g/mol. The monoisotopic (exact) mass is 989 g/mol. The van der Waals surface area contributed by atoms with Crippen molar-refractivity contribution in [2.24, 2.45) is 0 Å². The highest BCUT2D eigenvalue weighted by molar-refractivity contribution is 6.05. The number of aromatic nitrogens is 2. The number of carboxylic acid groups (broad SMARTS) is 1. The zero-order chi connectivity index (χ0) is 51.6. The van der Waals surface area contributed by atoms with Crippen LogP contribution in [0.4, 0.5) is 0 Å². The molecule has 0 fully saturated rings. The maximum atomic E-state index is 15.1. The molecule has 2 aliphatic rings. The van der Waals surface area contributed by atoms with Crippen LogP contribution in [0.25, 0.3) is 38.5 Å². The molecule has 2 aliphatic heterocycles. The molecule has 6 aromatic carbocycles. The Morgan fingerprint density at radius 3 is 1.93 bits per heavy atom. The molecule has 2 aromatic heterocycles. The van der Waals surface area contributed by atoms with Crippen LogP contribution in [0.3, 0.4) is 0 Å². The van der Waals surface area contributed by atoms with E-state index in [0.717, 1.165) is 38.5 Å². The van der Waals surface area contributed by atoms with Gasteiger partial charge in [0, 0.05) is 59.0 Å². The number of carbonyl (C=O) groups is 6. The van der Waals surface area contributed by atoms with Gasteiger partial charge in [0.15, 0.2) is 6.61 Å². The number of aromatic amines is 2. The quantitative estimate of drug-likeness (QED) is 0.0587. The molecule has 0 saturated heterocycles. The highest BCUT2D eigenvalue weighted by Gasteiger charge is 2.35. The molecule has 4 heterocycles. The third-order valence-corrected chi connectivity index (χ3v) is 13.3. The summed E-state index contributed by atoms with van der Waals surface area (Å²) in [5.41, 5.74) is 7.08. The summed E-state index contributed by atoms with van der Waals surface area (Å²) < 4.78 is 5.89. The molecule has 8 aromatic rings. The molecule has 374 valence electrons. The smallest absolute Gasteiger partial charge is 0.326 e. The number of aryl methyl sites for hydroxylation is 1. The average Bonchev–Trinajstić information content (AvgIpc) is 4.05. The van der Waals surface area contributed by atoms with Crippen molar-refractivity contribution >= 4 is 62.9 Å². The summed E-state index contributed by atoms with van der Waals surface area (Å²) in [5, 5.41) is 26.0. The van der Waals surface area contributed by atoms with Crippen molar-refractivity contribution in [3.8, 4) is 16.9 Å². The number of ether oxygens (including phenoxy) is 1. The molecule has 5 atom stereocenters. The first-order chi connectivity index (χ1) is 35.9. The van der Waals surface area contributed by atoms with Crippen LogP contribution in [-0.4, -0.2) is 87.4 Å². The fourth-order valence-electron chi connectivity index (χ4n) is 9.25. The van der Waals surface area contributed by atoms with Crippen molar-refractivity contribution in [1.29, 1.82) is 0 Å². The highest BCUT2D eigenvalue weighted by Crippen LogP contribution is 2.27. The minimum absolute atomic E-state index is 0.0457. The Labute approximate surface area is 426 Å². The number of H-pyrrole nitrogens is 2.